The van der Waals surface area contributed by atoms with E-state index in [-0.39, 0.29) is 18.8 Å². The maximum atomic E-state index is 12.6. The Balaban J connectivity index is 1.60. The highest BCUT2D eigenvalue weighted by atomic mass is 32.2. The summed E-state index contributed by atoms with van der Waals surface area (Å²) in [7, 11) is -3.60. The van der Waals surface area contributed by atoms with E-state index in [4.69, 9.17) is 14.2 Å². The molecule has 3 rings (SSSR count). The van der Waals surface area contributed by atoms with Crippen LogP contribution < -0.4 is 14.2 Å². The van der Waals surface area contributed by atoms with Gasteiger partial charge >= 0.3 is 0 Å². The first-order chi connectivity index (χ1) is 13.9. The third-order valence-electron chi connectivity index (χ3n) is 4.34. The van der Waals surface area contributed by atoms with Gasteiger partial charge in [0, 0.05) is 31.9 Å². The summed E-state index contributed by atoms with van der Waals surface area (Å²) in [6.07, 6.45) is 1.32. The zero-order valence-electron chi connectivity index (χ0n) is 16.9. The molecule has 1 aromatic carbocycles. The third kappa shape index (κ3) is 6.14. The Morgan fingerprint density at radius 3 is 2.45 bits per heavy atom. The van der Waals surface area contributed by atoms with E-state index < -0.39 is 10.2 Å². The number of rotatable bonds is 8. The van der Waals surface area contributed by atoms with Crippen molar-refractivity contribution < 1.29 is 22.6 Å². The van der Waals surface area contributed by atoms with Crippen LogP contribution in [-0.2, 0) is 21.5 Å². The van der Waals surface area contributed by atoms with Crippen LogP contribution in [0, 0.1) is 0 Å². The van der Waals surface area contributed by atoms with E-state index in [0.29, 0.717) is 31.3 Å². The van der Waals surface area contributed by atoms with E-state index in [1.165, 1.54) is 4.31 Å². The van der Waals surface area contributed by atoms with Gasteiger partial charge in [-0.15, -0.1) is 0 Å². The number of nitrogens with zero attached hydrogens (tertiary/aromatic N) is 2. The van der Waals surface area contributed by atoms with Crippen molar-refractivity contribution in [3.05, 3.63) is 48.2 Å². The third-order valence-corrected chi connectivity index (χ3v) is 5.83. The second-order valence-corrected chi connectivity index (χ2v) is 8.66. The minimum atomic E-state index is -3.60. The summed E-state index contributed by atoms with van der Waals surface area (Å²) in [6.45, 7) is 7.07. The summed E-state index contributed by atoms with van der Waals surface area (Å²) in [5.74, 6) is 1.78. The minimum Gasteiger partial charge on any atom is -0.494 e. The predicted molar refractivity (Wildman–Crippen MR) is 109 cm³/mol. The molecule has 0 saturated carbocycles. The molecule has 1 aliphatic rings. The van der Waals surface area contributed by atoms with Gasteiger partial charge in [0.05, 0.1) is 18.8 Å². The fourth-order valence-electron chi connectivity index (χ4n) is 3.10. The van der Waals surface area contributed by atoms with Crippen LogP contribution in [0.4, 0.5) is 0 Å². The van der Waals surface area contributed by atoms with Gasteiger partial charge < -0.3 is 14.2 Å². The first-order valence-corrected chi connectivity index (χ1v) is 11.1. The van der Waals surface area contributed by atoms with Crippen molar-refractivity contribution in [1.82, 2.24) is 14.0 Å². The molecular weight excluding hydrogens is 394 g/mol. The summed E-state index contributed by atoms with van der Waals surface area (Å²) >= 11 is 0. The molecule has 1 saturated heterocycles. The quantitative estimate of drug-likeness (QED) is 0.705. The van der Waals surface area contributed by atoms with Crippen LogP contribution in [0.1, 0.15) is 26.3 Å². The Morgan fingerprint density at radius 1 is 1.14 bits per heavy atom. The number of ether oxygens (including phenoxy) is 3. The molecule has 2 aromatic rings. The molecule has 0 amide bonds. The molecule has 1 aromatic heterocycles. The highest BCUT2D eigenvalue weighted by molar-refractivity contribution is 7.87. The van der Waals surface area contributed by atoms with E-state index in [2.05, 4.69) is 9.71 Å². The number of hydrogen-bond acceptors (Lipinski definition) is 6. The van der Waals surface area contributed by atoms with Gasteiger partial charge in [-0.05, 0) is 56.7 Å². The first-order valence-electron chi connectivity index (χ1n) is 9.61. The second kappa shape index (κ2) is 9.53. The second-order valence-electron chi connectivity index (χ2n) is 6.91. The zero-order chi connectivity index (χ0) is 20.9. The Bertz CT molecular complexity index is 895. The number of pyridine rings is 1. The van der Waals surface area contributed by atoms with Crippen LogP contribution >= 0.6 is 0 Å². The van der Waals surface area contributed by atoms with E-state index in [0.717, 1.165) is 11.3 Å². The molecule has 9 heteroatoms. The van der Waals surface area contributed by atoms with Gasteiger partial charge in [0.15, 0.2) is 0 Å². The fourth-order valence-corrected chi connectivity index (χ4v) is 4.44. The van der Waals surface area contributed by atoms with E-state index in [1.807, 2.05) is 32.9 Å². The highest BCUT2D eigenvalue weighted by Crippen LogP contribution is 2.23. The molecule has 1 fully saturated rings. The van der Waals surface area contributed by atoms with Crippen LogP contribution in [-0.4, -0.2) is 49.6 Å². The monoisotopic (exact) mass is 421 g/mol. The molecular formula is C20H27N3O5S. The topological polar surface area (TPSA) is 90.0 Å². The Hall–Kier alpha value is -2.20. The Morgan fingerprint density at radius 2 is 1.79 bits per heavy atom. The normalized spacial score (nSPS) is 20.4. The van der Waals surface area contributed by atoms with Crippen LogP contribution in [0.25, 0.3) is 0 Å². The van der Waals surface area contributed by atoms with Crippen LogP contribution in [0.5, 0.6) is 17.4 Å². The van der Waals surface area contributed by atoms with Crippen molar-refractivity contribution in [2.24, 2.45) is 0 Å². The number of benzene rings is 1. The van der Waals surface area contributed by atoms with Crippen LogP contribution in [0.2, 0.25) is 0 Å². The lowest BCUT2D eigenvalue weighted by molar-refractivity contribution is -0.0444. The summed E-state index contributed by atoms with van der Waals surface area (Å²) < 4.78 is 46.1. The standard InChI is InChI=1S/C20H27N3O5S/c1-4-26-18-5-7-19(8-6-18)28-20-11-17(9-10-21-20)12-22-29(24,25)23-13-15(2)27-16(3)14-23/h5-11,15-16,22H,4,12-14H2,1-3H3/t15-,16+. The van der Waals surface area contributed by atoms with Crippen LogP contribution in [0.15, 0.2) is 42.6 Å². The van der Waals surface area contributed by atoms with Gasteiger partial charge in [0.2, 0.25) is 5.88 Å². The highest BCUT2D eigenvalue weighted by Gasteiger charge is 2.30. The van der Waals surface area contributed by atoms with Gasteiger partial charge in [-0.1, -0.05) is 0 Å². The lowest BCUT2D eigenvalue weighted by Gasteiger charge is -2.34. The minimum absolute atomic E-state index is 0.134. The molecule has 0 bridgehead atoms. The Labute approximate surface area is 172 Å². The number of aromatic nitrogens is 1. The maximum absolute atomic E-state index is 12.6. The first kappa shape index (κ1) is 21.5. The maximum Gasteiger partial charge on any atom is 0.279 e. The van der Waals surface area contributed by atoms with Crippen molar-refractivity contribution in [1.29, 1.82) is 0 Å². The number of hydrogen-bond donors (Lipinski definition) is 1. The molecule has 158 valence electrons. The van der Waals surface area contributed by atoms with Gasteiger partial charge in [0.1, 0.15) is 11.5 Å². The van der Waals surface area contributed by atoms with Crippen molar-refractivity contribution in [2.75, 3.05) is 19.7 Å². The summed E-state index contributed by atoms with van der Waals surface area (Å²) in [5.41, 5.74) is 0.749. The molecule has 0 radical (unpaired) electrons. The number of morpholine rings is 1. The molecule has 0 aliphatic carbocycles. The van der Waals surface area contributed by atoms with Gasteiger partial charge in [0.25, 0.3) is 10.2 Å². The molecule has 1 aliphatic heterocycles. The molecule has 29 heavy (non-hydrogen) atoms. The number of nitrogens with one attached hydrogen (secondary N) is 1. The molecule has 2 atom stereocenters. The average molecular weight is 422 g/mol. The molecule has 0 spiro atoms. The van der Waals surface area contributed by atoms with Gasteiger partial charge in [-0.25, -0.2) is 4.98 Å². The Kier molecular flexibility index (Phi) is 7.07. The molecule has 8 nitrogen and oxygen atoms in total. The summed E-state index contributed by atoms with van der Waals surface area (Å²) in [4.78, 5) is 4.19. The fraction of sp³-hybridized carbons (Fsp3) is 0.450. The van der Waals surface area contributed by atoms with E-state index >= 15 is 0 Å². The van der Waals surface area contributed by atoms with Crippen molar-refractivity contribution in [2.45, 2.75) is 39.5 Å². The van der Waals surface area contributed by atoms with Crippen LogP contribution in [0.3, 0.4) is 0 Å². The van der Waals surface area contributed by atoms with E-state index in [1.54, 1.807) is 30.5 Å². The SMILES string of the molecule is CCOc1ccc(Oc2cc(CNS(=O)(=O)N3C[C@@H](C)O[C@@H](C)C3)ccn2)cc1. The predicted octanol–water partition coefficient (Wildman–Crippen LogP) is 2.72. The van der Waals surface area contributed by atoms with E-state index in [9.17, 15) is 8.42 Å². The van der Waals surface area contributed by atoms with Crippen molar-refractivity contribution >= 4 is 10.2 Å². The average Bonchev–Trinajstić information content (AvgIpc) is 2.68. The molecule has 0 unspecified atom stereocenters. The summed E-state index contributed by atoms with van der Waals surface area (Å²) in [5, 5.41) is 0. The smallest absolute Gasteiger partial charge is 0.279 e. The lowest BCUT2D eigenvalue weighted by atomic mass is 10.3. The van der Waals surface area contributed by atoms with Crippen molar-refractivity contribution in [3.8, 4) is 17.4 Å². The molecule has 2 heterocycles. The van der Waals surface area contributed by atoms with Gasteiger partial charge in [-0.3, -0.25) is 0 Å². The van der Waals surface area contributed by atoms with Gasteiger partial charge in [-0.2, -0.15) is 17.4 Å². The van der Waals surface area contributed by atoms with Crippen molar-refractivity contribution in [3.63, 3.8) is 0 Å². The summed E-state index contributed by atoms with van der Waals surface area (Å²) in [6, 6.07) is 10.7. The lowest BCUT2D eigenvalue weighted by Crippen LogP contribution is -2.51. The largest absolute Gasteiger partial charge is 0.494 e. The molecule has 1 N–H and O–H groups in total. The zero-order valence-corrected chi connectivity index (χ0v) is 17.7.